The largest absolute Gasteiger partial charge is 0.0895 e. The molecule has 0 radical (unpaired) electrons. The third kappa shape index (κ3) is 2.52. The topological polar surface area (TPSA) is 0 Å². The van der Waals surface area contributed by atoms with Gasteiger partial charge in [0.15, 0.2) is 0 Å². The molecular formula is C11H19Cl. The summed E-state index contributed by atoms with van der Waals surface area (Å²) in [5.74, 6) is 2.27. The molecule has 2 unspecified atom stereocenters. The Morgan fingerprint density at radius 3 is 2.58 bits per heavy atom. The number of hydrogen-bond donors (Lipinski definition) is 0. The van der Waals surface area contributed by atoms with Crippen molar-refractivity contribution in [3.05, 3.63) is 11.6 Å². The summed E-state index contributed by atoms with van der Waals surface area (Å²) in [5, 5.41) is 0.875. The second kappa shape index (κ2) is 4.32. The standard InChI is InChI=1S/C11H19Cl/c1-8(2)10-5-4-6-11(7-10)9(3)12/h8,10-11H,3-7H2,1-2H3. The van der Waals surface area contributed by atoms with Gasteiger partial charge < -0.3 is 0 Å². The van der Waals surface area contributed by atoms with Crippen LogP contribution in [0.5, 0.6) is 0 Å². The summed E-state index contributed by atoms with van der Waals surface area (Å²) in [7, 11) is 0. The van der Waals surface area contributed by atoms with E-state index in [1.807, 2.05) is 0 Å². The molecule has 0 N–H and O–H groups in total. The summed E-state index contributed by atoms with van der Waals surface area (Å²) >= 11 is 5.93. The van der Waals surface area contributed by atoms with Crippen molar-refractivity contribution in [2.75, 3.05) is 0 Å². The van der Waals surface area contributed by atoms with E-state index in [1.165, 1.54) is 25.7 Å². The van der Waals surface area contributed by atoms with E-state index in [1.54, 1.807) is 0 Å². The first-order chi connectivity index (χ1) is 5.61. The van der Waals surface area contributed by atoms with Gasteiger partial charge in [0.25, 0.3) is 0 Å². The lowest BCUT2D eigenvalue weighted by atomic mass is 9.76. The molecule has 12 heavy (non-hydrogen) atoms. The van der Waals surface area contributed by atoms with E-state index < -0.39 is 0 Å². The van der Waals surface area contributed by atoms with Crippen molar-refractivity contribution in [1.82, 2.24) is 0 Å². The molecule has 1 saturated carbocycles. The van der Waals surface area contributed by atoms with Gasteiger partial charge in [-0.15, -0.1) is 0 Å². The van der Waals surface area contributed by atoms with Gasteiger partial charge in [-0.05, 0) is 30.6 Å². The zero-order valence-corrected chi connectivity index (χ0v) is 8.90. The maximum absolute atomic E-state index is 5.93. The average molecular weight is 187 g/mol. The Labute approximate surface area is 81.0 Å². The highest BCUT2D eigenvalue weighted by molar-refractivity contribution is 6.29. The fraction of sp³-hybridized carbons (Fsp3) is 0.818. The second-order valence-corrected chi connectivity index (χ2v) is 4.80. The molecule has 0 saturated heterocycles. The Morgan fingerprint density at radius 1 is 1.42 bits per heavy atom. The van der Waals surface area contributed by atoms with Gasteiger partial charge in [0.1, 0.15) is 0 Å². The molecule has 0 aromatic rings. The highest BCUT2D eigenvalue weighted by atomic mass is 35.5. The summed E-state index contributed by atoms with van der Waals surface area (Å²) < 4.78 is 0. The smallest absolute Gasteiger partial charge is 0.0140 e. The van der Waals surface area contributed by atoms with Gasteiger partial charge >= 0.3 is 0 Å². The van der Waals surface area contributed by atoms with E-state index in [2.05, 4.69) is 20.4 Å². The molecule has 0 bridgehead atoms. The van der Waals surface area contributed by atoms with Crippen LogP contribution < -0.4 is 0 Å². The lowest BCUT2D eigenvalue weighted by molar-refractivity contribution is 0.239. The third-order valence-corrected chi connectivity index (χ3v) is 3.41. The molecule has 1 fully saturated rings. The predicted octanol–water partition coefficient (Wildman–Crippen LogP) is 4.20. The maximum atomic E-state index is 5.93. The van der Waals surface area contributed by atoms with E-state index in [0.717, 1.165) is 16.9 Å². The molecule has 1 aliphatic rings. The van der Waals surface area contributed by atoms with Crippen molar-refractivity contribution < 1.29 is 0 Å². The van der Waals surface area contributed by atoms with Crippen molar-refractivity contribution in [1.29, 1.82) is 0 Å². The number of hydrogen-bond acceptors (Lipinski definition) is 0. The van der Waals surface area contributed by atoms with E-state index >= 15 is 0 Å². The Morgan fingerprint density at radius 2 is 2.08 bits per heavy atom. The minimum Gasteiger partial charge on any atom is -0.0895 e. The Balaban J connectivity index is 2.46. The first kappa shape index (κ1) is 10.1. The molecule has 1 heteroatoms. The summed E-state index contributed by atoms with van der Waals surface area (Å²) in [5.41, 5.74) is 0. The first-order valence-corrected chi connectivity index (χ1v) is 5.33. The molecular weight excluding hydrogens is 168 g/mol. The van der Waals surface area contributed by atoms with Crippen molar-refractivity contribution in [2.24, 2.45) is 17.8 Å². The fourth-order valence-electron chi connectivity index (χ4n) is 2.12. The maximum Gasteiger partial charge on any atom is 0.0140 e. The van der Waals surface area contributed by atoms with E-state index in [9.17, 15) is 0 Å². The molecule has 0 spiro atoms. The van der Waals surface area contributed by atoms with Crippen LogP contribution in [0.3, 0.4) is 0 Å². The zero-order valence-electron chi connectivity index (χ0n) is 8.15. The number of rotatable bonds is 2. The first-order valence-electron chi connectivity index (χ1n) is 4.95. The van der Waals surface area contributed by atoms with Crippen LogP contribution in [0.1, 0.15) is 39.5 Å². The van der Waals surface area contributed by atoms with Crippen LogP contribution >= 0.6 is 11.6 Å². The lowest BCUT2D eigenvalue weighted by Gasteiger charge is -2.31. The highest BCUT2D eigenvalue weighted by Crippen LogP contribution is 2.37. The molecule has 0 aliphatic heterocycles. The average Bonchev–Trinajstić information content (AvgIpc) is 2.04. The summed E-state index contributed by atoms with van der Waals surface area (Å²) in [6.07, 6.45) is 5.24. The number of allylic oxidation sites excluding steroid dienone is 1. The fourth-order valence-corrected chi connectivity index (χ4v) is 2.32. The van der Waals surface area contributed by atoms with Gasteiger partial charge in [-0.3, -0.25) is 0 Å². The normalized spacial score (nSPS) is 30.7. The van der Waals surface area contributed by atoms with Gasteiger partial charge in [-0.1, -0.05) is 44.9 Å². The van der Waals surface area contributed by atoms with Gasteiger partial charge in [-0.25, -0.2) is 0 Å². The van der Waals surface area contributed by atoms with E-state index in [-0.39, 0.29) is 0 Å². The Bertz CT molecular complexity index is 160. The van der Waals surface area contributed by atoms with Crippen LogP contribution in [0, 0.1) is 17.8 Å². The molecule has 0 nitrogen and oxygen atoms in total. The zero-order chi connectivity index (χ0) is 9.14. The minimum absolute atomic E-state index is 0.591. The molecule has 0 aromatic heterocycles. The van der Waals surface area contributed by atoms with Crippen molar-refractivity contribution >= 4 is 11.6 Å². The van der Waals surface area contributed by atoms with Gasteiger partial charge in [0.05, 0.1) is 0 Å². The molecule has 1 rings (SSSR count). The van der Waals surface area contributed by atoms with Crippen LogP contribution in [-0.4, -0.2) is 0 Å². The Hall–Kier alpha value is 0.0300. The SMILES string of the molecule is C=C(Cl)C1CCCC(C(C)C)C1. The highest BCUT2D eigenvalue weighted by Gasteiger charge is 2.24. The monoisotopic (exact) mass is 186 g/mol. The van der Waals surface area contributed by atoms with Crippen molar-refractivity contribution in [2.45, 2.75) is 39.5 Å². The van der Waals surface area contributed by atoms with Crippen LogP contribution in [0.2, 0.25) is 0 Å². The summed E-state index contributed by atoms with van der Waals surface area (Å²) in [4.78, 5) is 0. The van der Waals surface area contributed by atoms with Gasteiger partial charge in [0, 0.05) is 5.03 Å². The lowest BCUT2D eigenvalue weighted by Crippen LogP contribution is -2.19. The molecule has 0 aromatic carbocycles. The molecule has 2 atom stereocenters. The van der Waals surface area contributed by atoms with Crippen molar-refractivity contribution in [3.63, 3.8) is 0 Å². The van der Waals surface area contributed by atoms with Gasteiger partial charge in [-0.2, -0.15) is 0 Å². The number of halogens is 1. The molecule has 1 aliphatic carbocycles. The third-order valence-electron chi connectivity index (χ3n) is 3.10. The van der Waals surface area contributed by atoms with Crippen LogP contribution in [0.25, 0.3) is 0 Å². The molecule has 70 valence electrons. The van der Waals surface area contributed by atoms with Crippen LogP contribution in [0.15, 0.2) is 11.6 Å². The quantitative estimate of drug-likeness (QED) is 0.607. The second-order valence-electron chi connectivity index (χ2n) is 4.31. The Kier molecular flexibility index (Phi) is 3.64. The van der Waals surface area contributed by atoms with Gasteiger partial charge in [0.2, 0.25) is 0 Å². The molecule has 0 amide bonds. The summed E-state index contributed by atoms with van der Waals surface area (Å²) in [6.45, 7) is 8.46. The van der Waals surface area contributed by atoms with Crippen molar-refractivity contribution in [3.8, 4) is 0 Å². The van der Waals surface area contributed by atoms with E-state index in [0.29, 0.717) is 5.92 Å². The van der Waals surface area contributed by atoms with Crippen LogP contribution in [0.4, 0.5) is 0 Å². The summed E-state index contributed by atoms with van der Waals surface area (Å²) in [6, 6.07) is 0. The molecule has 0 heterocycles. The predicted molar refractivity (Wildman–Crippen MR) is 55.3 cm³/mol. The minimum atomic E-state index is 0.591. The van der Waals surface area contributed by atoms with E-state index in [4.69, 9.17) is 11.6 Å². The van der Waals surface area contributed by atoms with Crippen LogP contribution in [-0.2, 0) is 0 Å².